The Kier molecular flexibility index (Phi) is 29.1. The number of ether oxygens (including phenoxy) is 2. The van der Waals surface area contributed by atoms with Gasteiger partial charge in [-0.1, -0.05) is 150 Å². The van der Waals surface area contributed by atoms with E-state index in [2.05, 4.69) is 27.7 Å². The zero-order valence-corrected chi connectivity index (χ0v) is 26.9. The lowest BCUT2D eigenvalue weighted by Crippen LogP contribution is -2.07. The van der Waals surface area contributed by atoms with Gasteiger partial charge < -0.3 is 9.47 Å². The van der Waals surface area contributed by atoms with Gasteiger partial charge in [0.2, 0.25) is 0 Å². The van der Waals surface area contributed by atoms with Crippen LogP contribution < -0.4 is 0 Å². The summed E-state index contributed by atoms with van der Waals surface area (Å²) < 4.78 is 10.7. The second-order valence-electron chi connectivity index (χ2n) is 12.7. The Morgan fingerprint density at radius 3 is 0.949 bits per heavy atom. The van der Waals surface area contributed by atoms with Crippen molar-refractivity contribution in [2.75, 3.05) is 13.2 Å². The summed E-state index contributed by atoms with van der Waals surface area (Å²) >= 11 is 0. The summed E-state index contributed by atoms with van der Waals surface area (Å²) in [6.07, 6.45) is 29.2. The fourth-order valence-corrected chi connectivity index (χ4v) is 5.02. The predicted octanol–water partition coefficient (Wildman–Crippen LogP) is 11.1. The topological polar surface area (TPSA) is 52.6 Å². The van der Waals surface area contributed by atoms with Gasteiger partial charge in [-0.05, 0) is 37.5 Å². The fourth-order valence-electron chi connectivity index (χ4n) is 5.02. The molecule has 0 aromatic carbocycles. The molecule has 0 aromatic rings. The molecule has 0 fully saturated rings. The van der Waals surface area contributed by atoms with E-state index >= 15 is 0 Å². The molecule has 0 spiro atoms. The zero-order valence-electron chi connectivity index (χ0n) is 26.9. The average Bonchev–Trinajstić information content (AvgIpc) is 2.89. The number of carbonyl (C=O) groups excluding carboxylic acids is 2. The van der Waals surface area contributed by atoms with E-state index in [0.29, 0.717) is 26.1 Å². The molecule has 0 radical (unpaired) electrons. The molecule has 4 heteroatoms. The smallest absolute Gasteiger partial charge is 0.305 e. The summed E-state index contributed by atoms with van der Waals surface area (Å²) in [5, 5.41) is 0. The summed E-state index contributed by atoms with van der Waals surface area (Å²) in [4.78, 5) is 23.8. The van der Waals surface area contributed by atoms with Crippen molar-refractivity contribution in [2.45, 2.75) is 188 Å². The highest BCUT2D eigenvalue weighted by Gasteiger charge is 2.06. The Balaban J connectivity index is 3.28. The van der Waals surface area contributed by atoms with Crippen LogP contribution in [0.1, 0.15) is 188 Å². The first-order valence-electron chi connectivity index (χ1n) is 17.2. The molecule has 0 aliphatic rings. The maximum atomic E-state index is 11.9. The van der Waals surface area contributed by atoms with Crippen LogP contribution in [-0.2, 0) is 19.1 Å². The predicted molar refractivity (Wildman–Crippen MR) is 167 cm³/mol. The molecular weight excluding hydrogens is 484 g/mol. The van der Waals surface area contributed by atoms with Crippen molar-refractivity contribution in [3.05, 3.63) is 0 Å². The molecule has 0 aromatic heterocycles. The summed E-state index contributed by atoms with van der Waals surface area (Å²) in [6.45, 7) is 10.3. The Hall–Kier alpha value is -1.06. The summed E-state index contributed by atoms with van der Waals surface area (Å²) in [6, 6.07) is 0. The van der Waals surface area contributed by atoms with Gasteiger partial charge in [-0.2, -0.15) is 0 Å². The molecule has 0 atom stereocenters. The number of hydrogen-bond donors (Lipinski definition) is 0. The van der Waals surface area contributed by atoms with Crippen LogP contribution in [-0.4, -0.2) is 25.2 Å². The molecule has 0 unspecified atom stereocenters. The van der Waals surface area contributed by atoms with Crippen LogP contribution in [0.3, 0.4) is 0 Å². The molecule has 0 aliphatic heterocycles. The van der Waals surface area contributed by atoms with Gasteiger partial charge in [-0.25, -0.2) is 0 Å². The molecule has 0 aliphatic carbocycles. The fraction of sp³-hybridized carbons (Fsp3) is 0.943. The van der Waals surface area contributed by atoms with Gasteiger partial charge in [0.05, 0.1) is 13.2 Å². The van der Waals surface area contributed by atoms with Crippen molar-refractivity contribution in [1.82, 2.24) is 0 Å². The molecular formula is C35H68O4. The molecule has 0 saturated carbocycles. The van der Waals surface area contributed by atoms with E-state index in [9.17, 15) is 9.59 Å². The van der Waals surface area contributed by atoms with Crippen LogP contribution >= 0.6 is 0 Å². The van der Waals surface area contributed by atoms with Crippen molar-refractivity contribution in [3.63, 3.8) is 0 Å². The minimum Gasteiger partial charge on any atom is -0.466 e. The normalized spacial score (nSPS) is 11.4. The second kappa shape index (κ2) is 29.9. The number of rotatable bonds is 30. The number of hydrogen-bond acceptors (Lipinski definition) is 4. The van der Waals surface area contributed by atoms with Gasteiger partial charge in [-0.15, -0.1) is 0 Å². The maximum Gasteiger partial charge on any atom is 0.305 e. The van der Waals surface area contributed by atoms with Crippen molar-refractivity contribution in [3.8, 4) is 0 Å². The minimum absolute atomic E-state index is 0.0925. The minimum atomic E-state index is -0.0925. The van der Waals surface area contributed by atoms with E-state index in [-0.39, 0.29) is 11.9 Å². The third kappa shape index (κ3) is 33.0. The maximum absolute atomic E-state index is 11.9. The van der Waals surface area contributed by atoms with Gasteiger partial charge in [0.1, 0.15) is 0 Å². The van der Waals surface area contributed by atoms with E-state index in [1.807, 2.05) is 0 Å². The van der Waals surface area contributed by atoms with E-state index in [0.717, 1.165) is 56.8 Å². The molecule has 0 N–H and O–H groups in total. The standard InChI is InChI=1S/C35H68O4/c1-32(2)26-20-15-11-7-5-9-13-17-24-30-38-34(36)28-22-19-23-29-35(37)39-31-25-18-14-10-6-8-12-16-21-27-33(3)4/h32-33H,5-31H2,1-4H3. The summed E-state index contributed by atoms with van der Waals surface area (Å²) in [5.41, 5.74) is 0. The molecule has 39 heavy (non-hydrogen) atoms. The Morgan fingerprint density at radius 2 is 0.641 bits per heavy atom. The third-order valence-electron chi connectivity index (χ3n) is 7.64. The van der Waals surface area contributed by atoms with Crippen molar-refractivity contribution in [2.24, 2.45) is 11.8 Å². The third-order valence-corrected chi connectivity index (χ3v) is 7.64. The average molecular weight is 553 g/mol. The zero-order chi connectivity index (χ0) is 28.8. The van der Waals surface area contributed by atoms with Crippen molar-refractivity contribution >= 4 is 11.9 Å². The van der Waals surface area contributed by atoms with Crippen LogP contribution in [0.5, 0.6) is 0 Å². The van der Waals surface area contributed by atoms with Crippen molar-refractivity contribution in [1.29, 1.82) is 0 Å². The van der Waals surface area contributed by atoms with Gasteiger partial charge in [-0.3, -0.25) is 9.59 Å². The van der Waals surface area contributed by atoms with E-state index in [4.69, 9.17) is 9.47 Å². The SMILES string of the molecule is CC(C)CCCCCCCCCCCOC(=O)CCCCCC(=O)OCCCCCCCCCCCC(C)C. The molecule has 0 saturated heterocycles. The highest BCUT2D eigenvalue weighted by molar-refractivity contribution is 5.69. The summed E-state index contributed by atoms with van der Waals surface area (Å²) in [5.74, 6) is 1.50. The highest BCUT2D eigenvalue weighted by atomic mass is 16.5. The van der Waals surface area contributed by atoms with Crippen LogP contribution in [0.2, 0.25) is 0 Å². The van der Waals surface area contributed by atoms with E-state index in [1.165, 1.54) is 103 Å². The van der Waals surface area contributed by atoms with Gasteiger partial charge in [0, 0.05) is 12.8 Å². The highest BCUT2D eigenvalue weighted by Crippen LogP contribution is 2.14. The van der Waals surface area contributed by atoms with E-state index < -0.39 is 0 Å². The molecule has 0 amide bonds. The summed E-state index contributed by atoms with van der Waals surface area (Å²) in [7, 11) is 0. The molecule has 0 rings (SSSR count). The quantitative estimate of drug-likeness (QED) is 0.0656. The molecule has 0 bridgehead atoms. The van der Waals surface area contributed by atoms with Crippen LogP contribution in [0, 0.1) is 11.8 Å². The number of unbranched alkanes of at least 4 members (excludes halogenated alkanes) is 18. The van der Waals surface area contributed by atoms with Crippen molar-refractivity contribution < 1.29 is 19.1 Å². The second-order valence-corrected chi connectivity index (χ2v) is 12.7. The number of esters is 2. The lowest BCUT2D eigenvalue weighted by atomic mass is 10.0. The van der Waals surface area contributed by atoms with Crippen LogP contribution in [0.4, 0.5) is 0 Å². The monoisotopic (exact) mass is 553 g/mol. The van der Waals surface area contributed by atoms with Gasteiger partial charge in [0.25, 0.3) is 0 Å². The van der Waals surface area contributed by atoms with Gasteiger partial charge >= 0.3 is 11.9 Å². The first-order valence-corrected chi connectivity index (χ1v) is 17.2. The molecule has 0 heterocycles. The first-order chi connectivity index (χ1) is 18.9. The molecule has 4 nitrogen and oxygen atoms in total. The lowest BCUT2D eigenvalue weighted by molar-refractivity contribution is -0.144. The number of carbonyl (C=O) groups is 2. The lowest BCUT2D eigenvalue weighted by Gasteiger charge is -2.07. The largest absolute Gasteiger partial charge is 0.466 e. The van der Waals surface area contributed by atoms with Crippen LogP contribution in [0.15, 0.2) is 0 Å². The Morgan fingerprint density at radius 1 is 0.385 bits per heavy atom. The van der Waals surface area contributed by atoms with E-state index in [1.54, 1.807) is 0 Å². The Bertz CT molecular complexity index is 483. The van der Waals surface area contributed by atoms with Crippen LogP contribution in [0.25, 0.3) is 0 Å². The first kappa shape index (κ1) is 37.9. The molecule has 232 valence electrons. The Labute approximate surface area is 244 Å². The van der Waals surface area contributed by atoms with Gasteiger partial charge in [0.15, 0.2) is 0 Å².